The quantitative estimate of drug-likeness (QED) is 0.865. The molecule has 114 valence electrons. The number of aromatic nitrogens is 1. The molecule has 21 heavy (non-hydrogen) atoms. The molecule has 2 rings (SSSR count). The Labute approximate surface area is 127 Å². The SMILES string of the molecule is CC[C@@H](N)c1ccc(/C=C/B2OC(C)(C)C(C)(C)O2)nc1. The van der Waals surface area contributed by atoms with E-state index in [-0.39, 0.29) is 24.4 Å². The lowest BCUT2D eigenvalue weighted by molar-refractivity contribution is 0.00578. The molecule has 1 aromatic rings. The first-order valence-corrected chi connectivity index (χ1v) is 7.50. The van der Waals surface area contributed by atoms with Crippen LogP contribution >= 0.6 is 0 Å². The molecule has 1 fully saturated rings. The molecule has 5 heteroatoms. The number of nitrogens with zero attached hydrogens (tertiary/aromatic N) is 1. The Hall–Kier alpha value is -1.17. The predicted octanol–water partition coefficient (Wildman–Crippen LogP) is 3.14. The second-order valence-electron chi connectivity index (χ2n) is 6.51. The van der Waals surface area contributed by atoms with E-state index in [0.717, 1.165) is 17.7 Å². The molecule has 1 saturated heterocycles. The van der Waals surface area contributed by atoms with Crippen molar-refractivity contribution in [2.45, 2.75) is 58.3 Å². The van der Waals surface area contributed by atoms with Crippen LogP contribution in [-0.4, -0.2) is 23.3 Å². The standard InChI is InChI=1S/C16H25BN2O2/c1-6-14(18)12-7-8-13(19-11-12)9-10-17-20-15(2,3)16(4,5)21-17/h7-11,14H,6,18H2,1-5H3/b10-9+/t14-/m1/s1. The van der Waals surface area contributed by atoms with Crippen LogP contribution in [-0.2, 0) is 9.31 Å². The zero-order valence-electron chi connectivity index (χ0n) is 13.6. The molecule has 0 aliphatic carbocycles. The number of hydrogen-bond acceptors (Lipinski definition) is 4. The average Bonchev–Trinajstić information content (AvgIpc) is 2.64. The Morgan fingerprint density at radius 2 is 1.86 bits per heavy atom. The smallest absolute Gasteiger partial charge is 0.400 e. The van der Waals surface area contributed by atoms with Crippen molar-refractivity contribution in [1.29, 1.82) is 0 Å². The second-order valence-corrected chi connectivity index (χ2v) is 6.51. The summed E-state index contributed by atoms with van der Waals surface area (Å²) < 4.78 is 11.8. The number of nitrogens with two attached hydrogens (primary N) is 1. The molecule has 2 heterocycles. The van der Waals surface area contributed by atoms with Crippen LogP contribution in [0.1, 0.15) is 58.3 Å². The van der Waals surface area contributed by atoms with Gasteiger partial charge >= 0.3 is 7.12 Å². The molecule has 1 aliphatic heterocycles. The van der Waals surface area contributed by atoms with Gasteiger partial charge in [-0.15, -0.1) is 0 Å². The molecule has 4 nitrogen and oxygen atoms in total. The molecule has 1 aromatic heterocycles. The molecule has 0 spiro atoms. The molecule has 0 aromatic carbocycles. The average molecular weight is 288 g/mol. The van der Waals surface area contributed by atoms with Gasteiger partial charge < -0.3 is 15.0 Å². The minimum absolute atomic E-state index is 0.0543. The topological polar surface area (TPSA) is 57.4 Å². The summed E-state index contributed by atoms with van der Waals surface area (Å²) in [7, 11) is -0.339. The van der Waals surface area contributed by atoms with E-state index in [1.54, 1.807) is 0 Å². The third-order valence-corrected chi connectivity index (χ3v) is 4.37. The summed E-state index contributed by atoms with van der Waals surface area (Å²) in [6, 6.07) is 4.04. The Balaban J connectivity index is 2.03. The monoisotopic (exact) mass is 288 g/mol. The van der Waals surface area contributed by atoms with Gasteiger partial charge in [0, 0.05) is 12.2 Å². The summed E-state index contributed by atoms with van der Waals surface area (Å²) in [5.41, 5.74) is 7.29. The van der Waals surface area contributed by atoms with E-state index in [1.165, 1.54) is 0 Å². The molecule has 0 radical (unpaired) electrons. The summed E-state index contributed by atoms with van der Waals surface area (Å²) in [6.07, 6.45) is 4.66. The Bertz CT molecular complexity index is 496. The first kappa shape index (κ1) is 16.2. The molecule has 0 saturated carbocycles. The van der Waals surface area contributed by atoms with Crippen molar-refractivity contribution in [2.75, 3.05) is 0 Å². The van der Waals surface area contributed by atoms with Crippen LogP contribution < -0.4 is 5.73 Å². The fourth-order valence-corrected chi connectivity index (χ4v) is 2.11. The Morgan fingerprint density at radius 1 is 1.24 bits per heavy atom. The largest absolute Gasteiger partial charge is 0.487 e. The molecule has 0 bridgehead atoms. The van der Waals surface area contributed by atoms with Crippen LogP contribution in [0.25, 0.3) is 6.08 Å². The molecule has 0 unspecified atom stereocenters. The zero-order chi connectivity index (χ0) is 15.7. The minimum Gasteiger partial charge on any atom is -0.400 e. The predicted molar refractivity (Wildman–Crippen MR) is 86.6 cm³/mol. The van der Waals surface area contributed by atoms with Crippen LogP contribution in [0.15, 0.2) is 24.3 Å². The molecule has 1 atom stereocenters. The lowest BCUT2D eigenvalue weighted by Gasteiger charge is -2.32. The van der Waals surface area contributed by atoms with E-state index < -0.39 is 0 Å². The highest BCUT2D eigenvalue weighted by Crippen LogP contribution is 2.36. The van der Waals surface area contributed by atoms with Crippen molar-refractivity contribution in [2.24, 2.45) is 5.73 Å². The highest BCUT2D eigenvalue weighted by Gasteiger charge is 2.49. The van der Waals surface area contributed by atoms with Crippen LogP contribution in [0.3, 0.4) is 0 Å². The lowest BCUT2D eigenvalue weighted by atomic mass is 9.89. The fraction of sp³-hybridized carbons (Fsp3) is 0.562. The van der Waals surface area contributed by atoms with Crippen molar-refractivity contribution >= 4 is 13.2 Å². The molecule has 2 N–H and O–H groups in total. The highest BCUT2D eigenvalue weighted by atomic mass is 16.7. The number of rotatable bonds is 4. The first-order chi connectivity index (χ1) is 9.75. The van der Waals surface area contributed by atoms with Crippen LogP contribution in [0.4, 0.5) is 0 Å². The van der Waals surface area contributed by atoms with Crippen molar-refractivity contribution in [3.05, 3.63) is 35.6 Å². The van der Waals surface area contributed by atoms with Gasteiger partial charge in [-0.3, -0.25) is 4.98 Å². The highest BCUT2D eigenvalue weighted by molar-refractivity contribution is 6.52. The number of pyridine rings is 1. The summed E-state index contributed by atoms with van der Waals surface area (Å²) in [6.45, 7) is 10.2. The number of hydrogen-bond donors (Lipinski definition) is 1. The van der Waals surface area contributed by atoms with Gasteiger partial charge in [-0.1, -0.05) is 19.0 Å². The van der Waals surface area contributed by atoms with E-state index in [2.05, 4.69) is 11.9 Å². The second kappa shape index (κ2) is 5.91. The van der Waals surface area contributed by atoms with E-state index in [0.29, 0.717) is 0 Å². The van der Waals surface area contributed by atoms with E-state index in [4.69, 9.17) is 15.0 Å². The van der Waals surface area contributed by atoms with Crippen molar-refractivity contribution in [3.63, 3.8) is 0 Å². The fourth-order valence-electron chi connectivity index (χ4n) is 2.11. The van der Waals surface area contributed by atoms with Crippen molar-refractivity contribution < 1.29 is 9.31 Å². The lowest BCUT2D eigenvalue weighted by Crippen LogP contribution is -2.41. The molecular weight excluding hydrogens is 263 g/mol. The van der Waals surface area contributed by atoms with Gasteiger partial charge in [0.25, 0.3) is 0 Å². The van der Waals surface area contributed by atoms with Gasteiger partial charge in [0.2, 0.25) is 0 Å². The van der Waals surface area contributed by atoms with Gasteiger partial charge in [-0.25, -0.2) is 0 Å². The first-order valence-electron chi connectivity index (χ1n) is 7.50. The third kappa shape index (κ3) is 3.54. The molecule has 0 amide bonds. The van der Waals surface area contributed by atoms with Crippen LogP contribution in [0, 0.1) is 0 Å². The maximum atomic E-state index is 5.98. The van der Waals surface area contributed by atoms with Crippen LogP contribution in [0.5, 0.6) is 0 Å². The maximum absolute atomic E-state index is 5.98. The third-order valence-electron chi connectivity index (χ3n) is 4.37. The van der Waals surface area contributed by atoms with Gasteiger partial charge in [-0.2, -0.15) is 0 Å². The summed E-state index contributed by atoms with van der Waals surface area (Å²) in [4.78, 5) is 4.40. The van der Waals surface area contributed by atoms with Gasteiger partial charge in [-0.05, 0) is 51.8 Å². The Kier molecular flexibility index (Phi) is 4.56. The summed E-state index contributed by atoms with van der Waals surface area (Å²) in [5.74, 6) is 1.90. The van der Waals surface area contributed by atoms with Crippen LogP contribution in [0.2, 0.25) is 0 Å². The van der Waals surface area contributed by atoms with Crippen molar-refractivity contribution in [3.8, 4) is 0 Å². The maximum Gasteiger partial charge on any atom is 0.487 e. The van der Waals surface area contributed by atoms with Gasteiger partial charge in [0.1, 0.15) is 0 Å². The zero-order valence-corrected chi connectivity index (χ0v) is 13.6. The van der Waals surface area contributed by atoms with E-state index in [1.807, 2.05) is 58.1 Å². The Morgan fingerprint density at radius 3 is 2.33 bits per heavy atom. The normalized spacial score (nSPS) is 21.9. The summed E-state index contributed by atoms with van der Waals surface area (Å²) >= 11 is 0. The van der Waals surface area contributed by atoms with E-state index in [9.17, 15) is 0 Å². The molecule has 1 aliphatic rings. The van der Waals surface area contributed by atoms with Gasteiger partial charge in [0.15, 0.2) is 0 Å². The van der Waals surface area contributed by atoms with E-state index >= 15 is 0 Å². The van der Waals surface area contributed by atoms with Gasteiger partial charge in [0.05, 0.1) is 16.9 Å². The minimum atomic E-state index is -0.339. The summed E-state index contributed by atoms with van der Waals surface area (Å²) in [5, 5.41) is 0. The van der Waals surface area contributed by atoms with Crippen molar-refractivity contribution in [1.82, 2.24) is 4.98 Å². The molecular formula is C16H25BN2O2.